The highest BCUT2D eigenvalue weighted by molar-refractivity contribution is 6.30. The Labute approximate surface area is 150 Å². The highest BCUT2D eigenvalue weighted by Gasteiger charge is 2.30. The molecule has 0 aliphatic carbocycles. The first-order valence-corrected chi connectivity index (χ1v) is 8.50. The molecule has 0 bridgehead atoms. The number of rotatable bonds is 3. The average Bonchev–Trinajstić information content (AvgIpc) is 3.32. The molecule has 1 aliphatic rings. The van der Waals surface area contributed by atoms with Crippen LogP contribution in [0, 0.1) is 0 Å². The predicted molar refractivity (Wildman–Crippen MR) is 94.4 cm³/mol. The van der Waals surface area contributed by atoms with Crippen LogP contribution < -0.4 is 0 Å². The van der Waals surface area contributed by atoms with Gasteiger partial charge in [0.05, 0.1) is 6.20 Å². The van der Waals surface area contributed by atoms with Gasteiger partial charge in [-0.15, -0.1) is 0 Å². The maximum absolute atomic E-state index is 12.9. The van der Waals surface area contributed by atoms with E-state index in [0.717, 1.165) is 17.5 Å². The lowest BCUT2D eigenvalue weighted by Crippen LogP contribution is -2.28. The molecule has 4 rings (SSSR count). The zero-order valence-electron chi connectivity index (χ0n) is 13.4. The van der Waals surface area contributed by atoms with Crippen LogP contribution in [0.1, 0.15) is 28.3 Å². The first kappa shape index (κ1) is 15.8. The number of halogens is 1. The number of carbonyl (C=O) groups is 1. The van der Waals surface area contributed by atoms with Gasteiger partial charge in [0.25, 0.3) is 5.91 Å². The average molecular weight is 354 g/mol. The molecule has 1 saturated heterocycles. The summed E-state index contributed by atoms with van der Waals surface area (Å²) in [5.41, 5.74) is 2.38. The zero-order chi connectivity index (χ0) is 17.2. The minimum Gasteiger partial charge on any atom is -0.355 e. The van der Waals surface area contributed by atoms with E-state index in [4.69, 9.17) is 16.1 Å². The van der Waals surface area contributed by atoms with E-state index >= 15 is 0 Å². The SMILES string of the molecule is O=C(c1cnoc1-c1cccc(Cl)c1)N1CC[C@H](c2cccnc2)C1. The zero-order valence-corrected chi connectivity index (χ0v) is 14.2. The first-order chi connectivity index (χ1) is 12.2. The molecule has 25 heavy (non-hydrogen) atoms. The highest BCUT2D eigenvalue weighted by atomic mass is 35.5. The second-order valence-corrected chi connectivity index (χ2v) is 6.54. The molecule has 0 N–H and O–H groups in total. The maximum Gasteiger partial charge on any atom is 0.259 e. The Hall–Kier alpha value is -2.66. The van der Waals surface area contributed by atoms with Crippen LogP contribution in [0.5, 0.6) is 0 Å². The Bertz CT molecular complexity index is 894. The number of pyridine rings is 1. The molecule has 1 aromatic carbocycles. The highest BCUT2D eigenvalue weighted by Crippen LogP contribution is 2.31. The predicted octanol–water partition coefficient (Wildman–Crippen LogP) is 4.02. The summed E-state index contributed by atoms with van der Waals surface area (Å²) in [5.74, 6) is 0.701. The molecule has 126 valence electrons. The van der Waals surface area contributed by atoms with Crippen LogP contribution in [0.2, 0.25) is 5.02 Å². The Morgan fingerprint density at radius 2 is 2.16 bits per heavy atom. The van der Waals surface area contributed by atoms with Crippen molar-refractivity contribution in [1.82, 2.24) is 15.0 Å². The fourth-order valence-electron chi connectivity index (χ4n) is 3.23. The van der Waals surface area contributed by atoms with Gasteiger partial charge < -0.3 is 9.42 Å². The second-order valence-electron chi connectivity index (χ2n) is 6.10. The van der Waals surface area contributed by atoms with Crippen LogP contribution in [0.3, 0.4) is 0 Å². The quantitative estimate of drug-likeness (QED) is 0.713. The van der Waals surface area contributed by atoms with Gasteiger partial charge in [-0.1, -0.05) is 35.0 Å². The van der Waals surface area contributed by atoms with Gasteiger partial charge >= 0.3 is 0 Å². The van der Waals surface area contributed by atoms with Crippen LogP contribution in [0.15, 0.2) is 59.5 Å². The Morgan fingerprint density at radius 1 is 1.24 bits per heavy atom. The fourth-order valence-corrected chi connectivity index (χ4v) is 3.42. The Balaban J connectivity index is 1.56. The minimum atomic E-state index is -0.0670. The third-order valence-electron chi connectivity index (χ3n) is 4.52. The van der Waals surface area contributed by atoms with E-state index in [-0.39, 0.29) is 5.91 Å². The van der Waals surface area contributed by atoms with Crippen molar-refractivity contribution in [3.8, 4) is 11.3 Å². The van der Waals surface area contributed by atoms with E-state index in [1.165, 1.54) is 6.20 Å². The van der Waals surface area contributed by atoms with Crippen molar-refractivity contribution in [3.05, 3.63) is 71.1 Å². The molecular formula is C19H16ClN3O2. The number of benzene rings is 1. The molecule has 1 aliphatic heterocycles. The molecule has 0 saturated carbocycles. The van der Waals surface area contributed by atoms with Gasteiger partial charge in [0, 0.05) is 42.0 Å². The van der Waals surface area contributed by atoms with Gasteiger partial charge in [0.2, 0.25) is 0 Å². The molecule has 5 nitrogen and oxygen atoms in total. The summed E-state index contributed by atoms with van der Waals surface area (Å²) >= 11 is 6.04. The van der Waals surface area contributed by atoms with Crippen molar-refractivity contribution in [1.29, 1.82) is 0 Å². The Kier molecular flexibility index (Phi) is 4.24. The van der Waals surface area contributed by atoms with E-state index in [0.29, 0.717) is 35.4 Å². The van der Waals surface area contributed by atoms with E-state index < -0.39 is 0 Å². The van der Waals surface area contributed by atoms with Crippen molar-refractivity contribution in [2.45, 2.75) is 12.3 Å². The van der Waals surface area contributed by atoms with Crippen molar-refractivity contribution >= 4 is 17.5 Å². The number of hydrogen-bond acceptors (Lipinski definition) is 4. The number of hydrogen-bond donors (Lipinski definition) is 0. The van der Waals surface area contributed by atoms with Gasteiger partial charge in [-0.2, -0.15) is 0 Å². The molecule has 0 radical (unpaired) electrons. The smallest absolute Gasteiger partial charge is 0.259 e. The second kappa shape index (κ2) is 6.69. The lowest BCUT2D eigenvalue weighted by Gasteiger charge is -2.16. The number of aromatic nitrogens is 2. The summed E-state index contributed by atoms with van der Waals surface area (Å²) in [4.78, 5) is 19.0. The summed E-state index contributed by atoms with van der Waals surface area (Å²) in [7, 11) is 0. The van der Waals surface area contributed by atoms with Crippen molar-refractivity contribution in [2.24, 2.45) is 0 Å². The van der Waals surface area contributed by atoms with Crippen molar-refractivity contribution in [2.75, 3.05) is 13.1 Å². The standard InChI is InChI=1S/C19H16ClN3O2/c20-16-5-1-3-13(9-16)18-17(11-22-25-18)19(24)23-8-6-15(12-23)14-4-2-7-21-10-14/h1-5,7,9-11,15H,6,8,12H2/t15-/m0/s1. The molecule has 0 spiro atoms. The third-order valence-corrected chi connectivity index (χ3v) is 4.75. The van der Waals surface area contributed by atoms with Crippen LogP contribution in [0.25, 0.3) is 11.3 Å². The van der Waals surface area contributed by atoms with Gasteiger partial charge in [0.15, 0.2) is 5.76 Å². The maximum atomic E-state index is 12.9. The first-order valence-electron chi connectivity index (χ1n) is 8.12. The monoisotopic (exact) mass is 353 g/mol. The largest absolute Gasteiger partial charge is 0.355 e. The number of nitrogens with zero attached hydrogens (tertiary/aromatic N) is 3. The number of carbonyl (C=O) groups excluding carboxylic acids is 1. The molecule has 1 amide bonds. The topological polar surface area (TPSA) is 59.2 Å². The fraction of sp³-hybridized carbons (Fsp3) is 0.211. The van der Waals surface area contributed by atoms with E-state index in [2.05, 4.69) is 16.2 Å². The lowest BCUT2D eigenvalue weighted by atomic mass is 10.0. The van der Waals surface area contributed by atoms with Crippen molar-refractivity contribution < 1.29 is 9.32 Å². The normalized spacial score (nSPS) is 17.0. The molecular weight excluding hydrogens is 338 g/mol. The summed E-state index contributed by atoms with van der Waals surface area (Å²) in [5, 5.41) is 4.41. The van der Waals surface area contributed by atoms with Gasteiger partial charge in [-0.3, -0.25) is 9.78 Å². The molecule has 2 aromatic heterocycles. The Morgan fingerprint density at radius 3 is 2.96 bits per heavy atom. The number of likely N-dealkylation sites (tertiary alicyclic amines) is 1. The van der Waals surface area contributed by atoms with E-state index in [1.54, 1.807) is 18.3 Å². The summed E-state index contributed by atoms with van der Waals surface area (Å²) in [6.45, 7) is 1.38. The van der Waals surface area contributed by atoms with Crippen LogP contribution in [-0.2, 0) is 0 Å². The summed E-state index contributed by atoms with van der Waals surface area (Å²) < 4.78 is 5.33. The van der Waals surface area contributed by atoms with Gasteiger partial charge in [-0.05, 0) is 30.2 Å². The van der Waals surface area contributed by atoms with Crippen LogP contribution in [-0.4, -0.2) is 34.0 Å². The molecule has 3 heterocycles. The summed E-state index contributed by atoms with van der Waals surface area (Å²) in [6.07, 6.45) is 6.04. The van der Waals surface area contributed by atoms with Crippen LogP contribution >= 0.6 is 11.6 Å². The minimum absolute atomic E-state index is 0.0670. The molecule has 1 fully saturated rings. The molecule has 0 unspecified atom stereocenters. The van der Waals surface area contributed by atoms with E-state index in [9.17, 15) is 4.79 Å². The van der Waals surface area contributed by atoms with E-state index in [1.807, 2.05) is 29.3 Å². The third kappa shape index (κ3) is 3.15. The summed E-state index contributed by atoms with van der Waals surface area (Å²) in [6, 6.07) is 11.2. The van der Waals surface area contributed by atoms with Gasteiger partial charge in [-0.25, -0.2) is 0 Å². The van der Waals surface area contributed by atoms with Crippen molar-refractivity contribution in [3.63, 3.8) is 0 Å². The van der Waals surface area contributed by atoms with Gasteiger partial charge in [0.1, 0.15) is 5.56 Å². The number of amides is 1. The molecule has 6 heteroatoms. The van der Waals surface area contributed by atoms with Crippen LogP contribution in [0.4, 0.5) is 0 Å². The lowest BCUT2D eigenvalue weighted by molar-refractivity contribution is 0.0791. The molecule has 3 aromatic rings. The molecule has 1 atom stereocenters.